The summed E-state index contributed by atoms with van der Waals surface area (Å²) >= 11 is 0.790. The van der Waals surface area contributed by atoms with Crippen LogP contribution in [0.3, 0.4) is 0 Å². The number of ether oxygens (including phenoxy) is 1. The second-order valence-corrected chi connectivity index (χ2v) is 10.4. The summed E-state index contributed by atoms with van der Waals surface area (Å²) < 4.78 is 9.33. The van der Waals surface area contributed by atoms with Crippen LogP contribution < -0.4 is 26.4 Å². The monoisotopic (exact) mass is 535 g/mol. The van der Waals surface area contributed by atoms with Gasteiger partial charge in [0.05, 0.1) is 12.8 Å². The van der Waals surface area contributed by atoms with Gasteiger partial charge in [0, 0.05) is 11.7 Å². The van der Waals surface area contributed by atoms with Gasteiger partial charge in [-0.1, -0.05) is 37.5 Å². The molecule has 38 heavy (non-hydrogen) atoms. The van der Waals surface area contributed by atoms with Gasteiger partial charge in [0.15, 0.2) is 5.69 Å². The molecule has 9 nitrogen and oxygen atoms in total. The third-order valence-electron chi connectivity index (χ3n) is 7.03. The fourth-order valence-corrected chi connectivity index (χ4v) is 5.47. The first-order chi connectivity index (χ1) is 18.2. The van der Waals surface area contributed by atoms with Gasteiger partial charge in [-0.15, -0.1) is 0 Å². The number of nitrogens with zero attached hydrogens (tertiary/aromatic N) is 2. The zero-order chi connectivity index (χ0) is 27.4. The van der Waals surface area contributed by atoms with Crippen molar-refractivity contribution in [2.24, 2.45) is 5.73 Å². The second-order valence-electron chi connectivity index (χ2n) is 9.60. The van der Waals surface area contributed by atoms with Crippen molar-refractivity contribution in [3.8, 4) is 5.75 Å². The minimum atomic E-state index is -1.02. The molecule has 2 aromatic carbocycles. The highest BCUT2D eigenvalue weighted by Crippen LogP contribution is 2.35. The Labute approximate surface area is 226 Å². The first kappa shape index (κ1) is 27.1. The minimum absolute atomic E-state index is 0.0312. The maximum absolute atomic E-state index is 14.2. The Morgan fingerprint density at radius 3 is 2.32 bits per heavy atom. The Bertz CT molecular complexity index is 1330. The van der Waals surface area contributed by atoms with Crippen molar-refractivity contribution in [2.45, 2.75) is 58.0 Å². The van der Waals surface area contributed by atoms with Gasteiger partial charge in [-0.2, -0.15) is 4.37 Å². The fraction of sp³-hybridized carbons (Fsp3) is 0.357. The number of carbonyl (C=O) groups excluding carboxylic acids is 3. The number of hydrogen-bond acceptors (Lipinski definition) is 7. The lowest BCUT2D eigenvalue weighted by molar-refractivity contribution is -0.123. The summed E-state index contributed by atoms with van der Waals surface area (Å²) in [5, 5.41) is 3.18. The van der Waals surface area contributed by atoms with Gasteiger partial charge >= 0.3 is 0 Å². The molecular formula is C28H33N5O4S. The molecule has 3 amide bonds. The number of primary amides is 1. The minimum Gasteiger partial charge on any atom is -0.497 e. The predicted octanol–water partition coefficient (Wildman–Crippen LogP) is 4.29. The van der Waals surface area contributed by atoms with Crippen LogP contribution in [0.1, 0.15) is 75.0 Å². The normalized spacial score (nSPS) is 14.5. The topological polar surface area (TPSA) is 141 Å². The molecule has 1 aliphatic carbocycles. The largest absolute Gasteiger partial charge is 0.497 e. The second kappa shape index (κ2) is 11.6. The van der Waals surface area contributed by atoms with Crippen molar-refractivity contribution >= 4 is 40.6 Å². The maximum atomic E-state index is 14.2. The number of anilines is 2. The summed E-state index contributed by atoms with van der Waals surface area (Å²) in [6, 6.07) is 11.6. The van der Waals surface area contributed by atoms with Crippen LogP contribution in [0.5, 0.6) is 5.75 Å². The SMILES string of the molecule is COc1ccc([C@H](C(=O)NC2CCCCC2)N(C(=O)c2snc(C(N)=O)c2N)c2ccc(C)c(C)c2)cc1. The molecule has 0 bridgehead atoms. The van der Waals surface area contributed by atoms with E-state index in [-0.39, 0.29) is 28.2 Å². The molecule has 1 heterocycles. The number of carbonyl (C=O) groups is 3. The molecule has 10 heteroatoms. The molecule has 0 unspecified atom stereocenters. The highest BCUT2D eigenvalue weighted by atomic mass is 32.1. The van der Waals surface area contributed by atoms with E-state index < -0.39 is 17.9 Å². The van der Waals surface area contributed by atoms with Crippen LogP contribution in [-0.2, 0) is 4.79 Å². The molecule has 3 aromatic rings. The van der Waals surface area contributed by atoms with E-state index in [0.29, 0.717) is 17.0 Å². The quantitative estimate of drug-likeness (QED) is 0.393. The van der Waals surface area contributed by atoms with Gasteiger partial charge in [0.25, 0.3) is 11.8 Å². The Hall–Kier alpha value is -3.92. The molecule has 1 aromatic heterocycles. The number of hydrogen-bond donors (Lipinski definition) is 3. The summed E-state index contributed by atoms with van der Waals surface area (Å²) in [7, 11) is 1.57. The van der Waals surface area contributed by atoms with Crippen molar-refractivity contribution in [2.75, 3.05) is 17.7 Å². The van der Waals surface area contributed by atoms with Crippen LogP contribution in [0.15, 0.2) is 42.5 Å². The lowest BCUT2D eigenvalue weighted by Gasteiger charge is -2.33. The molecule has 5 N–H and O–H groups in total. The molecule has 0 spiro atoms. The molecule has 200 valence electrons. The average molecular weight is 536 g/mol. The first-order valence-corrected chi connectivity index (χ1v) is 13.4. The zero-order valence-electron chi connectivity index (χ0n) is 21.8. The number of nitrogens with one attached hydrogen (secondary N) is 1. The molecular weight excluding hydrogens is 502 g/mol. The number of nitrogen functional groups attached to an aromatic ring is 1. The van der Waals surface area contributed by atoms with Crippen LogP contribution >= 0.6 is 11.5 Å². The molecule has 4 rings (SSSR count). The molecule has 1 atom stereocenters. The van der Waals surface area contributed by atoms with Gasteiger partial charge in [-0.05, 0) is 79.2 Å². The number of amides is 3. The third-order valence-corrected chi connectivity index (χ3v) is 7.88. The van der Waals surface area contributed by atoms with E-state index in [2.05, 4.69) is 9.69 Å². The van der Waals surface area contributed by atoms with Crippen molar-refractivity contribution in [1.29, 1.82) is 0 Å². The highest BCUT2D eigenvalue weighted by Gasteiger charge is 2.37. The van der Waals surface area contributed by atoms with Crippen molar-refractivity contribution in [3.63, 3.8) is 0 Å². The number of aromatic nitrogens is 1. The van der Waals surface area contributed by atoms with Crippen LogP contribution in [0.2, 0.25) is 0 Å². The van der Waals surface area contributed by atoms with E-state index in [1.165, 1.54) is 4.90 Å². The number of benzene rings is 2. The Morgan fingerprint density at radius 1 is 1.05 bits per heavy atom. The van der Waals surface area contributed by atoms with Crippen LogP contribution in [0, 0.1) is 13.8 Å². The average Bonchev–Trinajstić information content (AvgIpc) is 3.30. The van der Waals surface area contributed by atoms with Crippen molar-refractivity contribution in [1.82, 2.24) is 9.69 Å². The molecule has 0 saturated heterocycles. The third kappa shape index (κ3) is 5.65. The molecule has 0 radical (unpaired) electrons. The van der Waals surface area contributed by atoms with Crippen LogP contribution in [0.4, 0.5) is 11.4 Å². The summed E-state index contributed by atoms with van der Waals surface area (Å²) in [5.41, 5.74) is 14.4. The van der Waals surface area contributed by atoms with Gasteiger partial charge in [-0.25, -0.2) is 0 Å². The Balaban J connectivity index is 1.86. The number of aryl methyl sites for hydroxylation is 2. The predicted molar refractivity (Wildman–Crippen MR) is 149 cm³/mol. The fourth-order valence-electron chi connectivity index (χ4n) is 4.73. The van der Waals surface area contributed by atoms with Crippen LogP contribution in [0.25, 0.3) is 0 Å². The molecule has 1 aliphatic rings. The van der Waals surface area contributed by atoms with Gasteiger partial charge in [0.1, 0.15) is 16.7 Å². The maximum Gasteiger partial charge on any atom is 0.273 e. The summed E-state index contributed by atoms with van der Waals surface area (Å²) in [6.07, 6.45) is 5.02. The summed E-state index contributed by atoms with van der Waals surface area (Å²) in [6.45, 7) is 3.92. The zero-order valence-corrected chi connectivity index (χ0v) is 22.6. The Kier molecular flexibility index (Phi) is 8.31. The van der Waals surface area contributed by atoms with Crippen molar-refractivity contribution in [3.05, 3.63) is 69.7 Å². The number of methoxy groups -OCH3 is 1. The van der Waals surface area contributed by atoms with Crippen molar-refractivity contribution < 1.29 is 19.1 Å². The van der Waals surface area contributed by atoms with E-state index in [1.807, 2.05) is 26.0 Å². The van der Waals surface area contributed by atoms with E-state index >= 15 is 0 Å². The summed E-state index contributed by atoms with van der Waals surface area (Å²) in [4.78, 5) is 41.5. The standard InChI is InChI=1S/C28H33N5O4S/c1-16-9-12-20(15-17(16)2)33(28(36)25-22(29)23(26(30)34)32-38-25)24(18-10-13-21(37-3)14-11-18)27(35)31-19-7-5-4-6-8-19/h9-15,19,24H,4-8,29H2,1-3H3,(H2,30,34)(H,31,35)/t24-/m1/s1. The first-order valence-electron chi connectivity index (χ1n) is 12.6. The number of nitrogens with two attached hydrogens (primary N) is 2. The van der Waals surface area contributed by atoms with Gasteiger partial charge in [0.2, 0.25) is 5.91 Å². The molecule has 1 saturated carbocycles. The highest BCUT2D eigenvalue weighted by molar-refractivity contribution is 7.09. The molecule has 1 fully saturated rings. The van der Waals surface area contributed by atoms with E-state index in [4.69, 9.17) is 16.2 Å². The lowest BCUT2D eigenvalue weighted by Crippen LogP contribution is -2.47. The van der Waals surface area contributed by atoms with E-state index in [9.17, 15) is 14.4 Å². The van der Waals surface area contributed by atoms with Gasteiger partial charge < -0.3 is 21.5 Å². The number of rotatable bonds is 8. The Morgan fingerprint density at radius 2 is 1.74 bits per heavy atom. The van der Waals surface area contributed by atoms with Crippen LogP contribution in [-0.4, -0.2) is 35.2 Å². The lowest BCUT2D eigenvalue weighted by atomic mass is 9.94. The molecule has 0 aliphatic heterocycles. The smallest absolute Gasteiger partial charge is 0.273 e. The van der Waals surface area contributed by atoms with E-state index in [0.717, 1.165) is 54.8 Å². The summed E-state index contributed by atoms with van der Waals surface area (Å²) in [5.74, 6) is -1.04. The van der Waals surface area contributed by atoms with E-state index in [1.54, 1.807) is 37.4 Å². The van der Waals surface area contributed by atoms with Gasteiger partial charge in [-0.3, -0.25) is 19.3 Å².